The molecule has 0 aliphatic rings. The molecule has 2 N–H and O–H groups in total. The number of carbonyl (C=O) groups excluding carboxylic acids is 1. The highest BCUT2D eigenvalue weighted by Gasteiger charge is 2.34. The van der Waals surface area contributed by atoms with E-state index in [1.54, 1.807) is 20.8 Å². The van der Waals surface area contributed by atoms with Crippen LogP contribution in [0.2, 0.25) is 0 Å². The van der Waals surface area contributed by atoms with Gasteiger partial charge in [0.05, 0.1) is 0 Å². The fourth-order valence-corrected chi connectivity index (χ4v) is 1.32. The van der Waals surface area contributed by atoms with Crippen LogP contribution in [0.15, 0.2) is 0 Å². The van der Waals surface area contributed by atoms with Gasteiger partial charge in [0.1, 0.15) is 5.60 Å². The van der Waals surface area contributed by atoms with Crippen LogP contribution >= 0.6 is 0 Å². The molecule has 0 aromatic carbocycles. The third-order valence-corrected chi connectivity index (χ3v) is 3.02. The fraction of sp³-hybridized carbons (Fsp3) is 0.833. The summed E-state index contributed by atoms with van der Waals surface area (Å²) in [5, 5.41) is 11.5. The van der Waals surface area contributed by atoms with Crippen molar-refractivity contribution in [3.05, 3.63) is 0 Å². The van der Waals surface area contributed by atoms with Gasteiger partial charge >= 0.3 is 5.97 Å². The summed E-state index contributed by atoms with van der Waals surface area (Å²) in [4.78, 5) is 22.5. The highest BCUT2D eigenvalue weighted by molar-refractivity contribution is 5.85. The Morgan fingerprint density at radius 2 is 1.82 bits per heavy atom. The number of nitrogens with one attached hydrogen (secondary N) is 1. The molecule has 0 saturated heterocycles. The van der Waals surface area contributed by atoms with Crippen LogP contribution in [-0.4, -0.2) is 35.2 Å². The van der Waals surface area contributed by atoms with E-state index in [1.165, 1.54) is 7.11 Å². The van der Waals surface area contributed by atoms with Crippen LogP contribution in [0.25, 0.3) is 0 Å². The SMILES string of the molecule is CCC(C)(OC)C(=O)NC(C)(C)CCC(=O)O. The molecule has 0 fully saturated rings. The van der Waals surface area contributed by atoms with Crippen molar-refractivity contribution >= 4 is 11.9 Å². The van der Waals surface area contributed by atoms with Crippen molar-refractivity contribution in [1.29, 1.82) is 0 Å². The van der Waals surface area contributed by atoms with E-state index in [1.807, 2.05) is 6.92 Å². The first kappa shape index (κ1) is 15.9. The first-order chi connectivity index (χ1) is 7.67. The van der Waals surface area contributed by atoms with Gasteiger partial charge in [-0.2, -0.15) is 0 Å². The van der Waals surface area contributed by atoms with Crippen molar-refractivity contribution in [2.75, 3.05) is 7.11 Å². The third kappa shape index (κ3) is 5.17. The van der Waals surface area contributed by atoms with Gasteiger partial charge in [-0.05, 0) is 33.6 Å². The van der Waals surface area contributed by atoms with E-state index >= 15 is 0 Å². The normalized spacial score (nSPS) is 15.1. The number of carbonyl (C=O) groups is 2. The first-order valence-electron chi connectivity index (χ1n) is 5.76. The van der Waals surface area contributed by atoms with E-state index in [2.05, 4.69) is 5.32 Å². The molecule has 100 valence electrons. The molecule has 0 aliphatic carbocycles. The van der Waals surface area contributed by atoms with Gasteiger partial charge in [0.15, 0.2) is 0 Å². The molecule has 0 aliphatic heterocycles. The predicted octanol–water partition coefficient (Wildman–Crippen LogP) is 1.56. The Hall–Kier alpha value is -1.10. The van der Waals surface area contributed by atoms with E-state index in [9.17, 15) is 9.59 Å². The molecule has 1 unspecified atom stereocenters. The van der Waals surface area contributed by atoms with Crippen LogP contribution in [0.1, 0.15) is 47.0 Å². The van der Waals surface area contributed by atoms with Gasteiger partial charge in [0.2, 0.25) is 0 Å². The topological polar surface area (TPSA) is 75.6 Å². The number of aliphatic carboxylic acids is 1. The van der Waals surface area contributed by atoms with Crippen molar-refractivity contribution in [2.45, 2.75) is 58.1 Å². The van der Waals surface area contributed by atoms with Crippen molar-refractivity contribution in [2.24, 2.45) is 0 Å². The minimum Gasteiger partial charge on any atom is -0.481 e. The van der Waals surface area contributed by atoms with Gasteiger partial charge < -0.3 is 15.2 Å². The Balaban J connectivity index is 4.50. The molecule has 5 heteroatoms. The van der Waals surface area contributed by atoms with Crippen molar-refractivity contribution < 1.29 is 19.4 Å². The maximum absolute atomic E-state index is 12.0. The Kier molecular flexibility index (Phi) is 5.61. The van der Waals surface area contributed by atoms with Crippen LogP contribution < -0.4 is 5.32 Å². The molecule has 1 atom stereocenters. The largest absolute Gasteiger partial charge is 0.481 e. The zero-order chi connectivity index (χ0) is 13.7. The number of carboxylic acids is 1. The minimum atomic E-state index is -0.864. The second kappa shape index (κ2) is 6.00. The monoisotopic (exact) mass is 245 g/mol. The maximum atomic E-state index is 12.0. The summed E-state index contributed by atoms with van der Waals surface area (Å²) < 4.78 is 5.19. The Bertz CT molecular complexity index is 282. The molecule has 0 bridgehead atoms. The average Bonchev–Trinajstić information content (AvgIpc) is 2.24. The van der Waals surface area contributed by atoms with Gasteiger partial charge in [0.25, 0.3) is 5.91 Å². The number of carboxylic acid groups (broad SMARTS) is 1. The molecule has 5 nitrogen and oxygen atoms in total. The summed E-state index contributed by atoms with van der Waals surface area (Å²) in [6, 6.07) is 0. The first-order valence-corrected chi connectivity index (χ1v) is 5.76. The lowest BCUT2D eigenvalue weighted by molar-refractivity contribution is -0.144. The van der Waals surface area contributed by atoms with Crippen molar-refractivity contribution in [1.82, 2.24) is 5.32 Å². The second-order valence-electron chi connectivity index (χ2n) is 5.02. The number of rotatable bonds is 7. The number of ether oxygens (including phenoxy) is 1. The quantitative estimate of drug-likeness (QED) is 0.713. The van der Waals surface area contributed by atoms with E-state index in [0.717, 1.165) is 0 Å². The van der Waals surface area contributed by atoms with E-state index in [0.29, 0.717) is 12.8 Å². The second-order valence-corrected chi connectivity index (χ2v) is 5.02. The predicted molar refractivity (Wildman–Crippen MR) is 64.8 cm³/mol. The molecule has 0 saturated carbocycles. The van der Waals surface area contributed by atoms with E-state index in [-0.39, 0.29) is 12.3 Å². The van der Waals surface area contributed by atoms with Gasteiger partial charge in [-0.1, -0.05) is 6.92 Å². The zero-order valence-corrected chi connectivity index (χ0v) is 11.3. The molecule has 0 radical (unpaired) electrons. The average molecular weight is 245 g/mol. The minimum absolute atomic E-state index is 0.0309. The molecule has 0 aromatic rings. The Morgan fingerprint density at radius 3 is 2.18 bits per heavy atom. The number of hydrogen-bond donors (Lipinski definition) is 2. The molecule has 17 heavy (non-hydrogen) atoms. The number of methoxy groups -OCH3 is 1. The molecule has 0 aromatic heterocycles. The van der Waals surface area contributed by atoms with Crippen molar-refractivity contribution in [3.8, 4) is 0 Å². The van der Waals surface area contributed by atoms with Crippen LogP contribution in [0.3, 0.4) is 0 Å². The zero-order valence-electron chi connectivity index (χ0n) is 11.3. The van der Waals surface area contributed by atoms with Crippen molar-refractivity contribution in [3.63, 3.8) is 0 Å². The summed E-state index contributed by atoms with van der Waals surface area (Å²) in [5.74, 6) is -1.07. The molecular weight excluding hydrogens is 222 g/mol. The fourth-order valence-electron chi connectivity index (χ4n) is 1.32. The molecule has 1 amide bonds. The summed E-state index contributed by atoms with van der Waals surface area (Å²) >= 11 is 0. The number of hydrogen-bond acceptors (Lipinski definition) is 3. The molecule has 0 heterocycles. The Labute approximate surface area is 103 Å². The van der Waals surface area contributed by atoms with E-state index in [4.69, 9.17) is 9.84 Å². The van der Waals surface area contributed by atoms with Crippen LogP contribution in [0.5, 0.6) is 0 Å². The molecular formula is C12H23NO4. The van der Waals surface area contributed by atoms with Gasteiger partial charge in [0, 0.05) is 19.1 Å². The number of amides is 1. The smallest absolute Gasteiger partial charge is 0.303 e. The van der Waals surface area contributed by atoms with Gasteiger partial charge in [-0.15, -0.1) is 0 Å². The summed E-state index contributed by atoms with van der Waals surface area (Å²) in [6.07, 6.45) is 0.977. The standard InChI is InChI=1S/C12H23NO4/c1-6-12(4,17-5)10(16)13-11(2,3)8-7-9(14)15/h6-8H2,1-5H3,(H,13,16)(H,14,15). The molecule has 0 spiro atoms. The third-order valence-electron chi connectivity index (χ3n) is 3.02. The lowest BCUT2D eigenvalue weighted by Gasteiger charge is -2.32. The van der Waals surface area contributed by atoms with Crippen LogP contribution in [0, 0.1) is 0 Å². The van der Waals surface area contributed by atoms with Crippen LogP contribution in [0.4, 0.5) is 0 Å². The summed E-state index contributed by atoms with van der Waals surface area (Å²) in [6.45, 7) is 7.20. The van der Waals surface area contributed by atoms with Gasteiger partial charge in [-0.25, -0.2) is 0 Å². The molecule has 0 rings (SSSR count). The Morgan fingerprint density at radius 1 is 1.29 bits per heavy atom. The summed E-state index contributed by atoms with van der Waals surface area (Å²) in [5.41, 5.74) is -1.41. The van der Waals surface area contributed by atoms with E-state index < -0.39 is 17.1 Å². The highest BCUT2D eigenvalue weighted by atomic mass is 16.5. The highest BCUT2D eigenvalue weighted by Crippen LogP contribution is 2.18. The van der Waals surface area contributed by atoms with Gasteiger partial charge in [-0.3, -0.25) is 9.59 Å². The maximum Gasteiger partial charge on any atom is 0.303 e. The lowest BCUT2D eigenvalue weighted by atomic mass is 9.95. The lowest BCUT2D eigenvalue weighted by Crippen LogP contribution is -2.53. The summed E-state index contributed by atoms with van der Waals surface area (Å²) in [7, 11) is 1.49. The van der Waals surface area contributed by atoms with Crippen LogP contribution in [-0.2, 0) is 14.3 Å².